The lowest BCUT2D eigenvalue weighted by Gasteiger charge is -2.31. The van der Waals surface area contributed by atoms with Crippen molar-refractivity contribution in [1.82, 2.24) is 10.2 Å². The molecule has 19 heavy (non-hydrogen) atoms. The summed E-state index contributed by atoms with van der Waals surface area (Å²) in [4.78, 5) is 2.30. The minimum absolute atomic E-state index is 0.0899. The summed E-state index contributed by atoms with van der Waals surface area (Å²) in [5, 5.41) is 3.67. The van der Waals surface area contributed by atoms with Gasteiger partial charge in [-0.15, -0.1) is 0 Å². The third kappa shape index (κ3) is 2.54. The maximum Gasteiger partial charge on any atom is 0.127 e. The molecule has 0 aliphatic carbocycles. The molecule has 0 saturated carbocycles. The number of nitrogens with one attached hydrogen (secondary N) is 1. The van der Waals surface area contributed by atoms with Crippen LogP contribution in [-0.4, -0.2) is 30.6 Å². The van der Waals surface area contributed by atoms with Gasteiger partial charge in [0, 0.05) is 30.2 Å². The first-order valence-electron chi connectivity index (χ1n) is 7.36. The molecular weight excluding hydrogens is 239 g/mol. The minimum Gasteiger partial charge on any atom is -0.311 e. The van der Waals surface area contributed by atoms with Crippen LogP contribution in [0.5, 0.6) is 0 Å². The van der Waals surface area contributed by atoms with Gasteiger partial charge in [0.2, 0.25) is 0 Å². The van der Waals surface area contributed by atoms with E-state index in [0.29, 0.717) is 6.04 Å². The van der Waals surface area contributed by atoms with Crippen molar-refractivity contribution in [2.45, 2.75) is 44.3 Å². The van der Waals surface area contributed by atoms with E-state index in [4.69, 9.17) is 0 Å². The van der Waals surface area contributed by atoms with Crippen LogP contribution in [0.2, 0.25) is 0 Å². The van der Waals surface area contributed by atoms with E-state index in [2.05, 4.69) is 24.2 Å². The summed E-state index contributed by atoms with van der Waals surface area (Å²) in [5.74, 6) is 0.644. The summed E-state index contributed by atoms with van der Waals surface area (Å²) in [6, 6.07) is 8.70. The van der Waals surface area contributed by atoms with E-state index in [1.54, 1.807) is 12.1 Å². The lowest BCUT2D eigenvalue weighted by molar-refractivity contribution is 0.199. The molecule has 0 spiro atoms. The number of benzene rings is 1. The van der Waals surface area contributed by atoms with Crippen molar-refractivity contribution in [3.63, 3.8) is 0 Å². The van der Waals surface area contributed by atoms with Gasteiger partial charge in [0.05, 0.1) is 0 Å². The fraction of sp³-hybridized carbons (Fsp3) is 0.625. The minimum atomic E-state index is -0.0899. The summed E-state index contributed by atoms with van der Waals surface area (Å²) < 4.78 is 13.8. The number of rotatable bonds is 4. The van der Waals surface area contributed by atoms with E-state index in [1.807, 2.05) is 12.1 Å². The highest BCUT2D eigenvalue weighted by Gasteiger charge is 2.39. The quantitative estimate of drug-likeness (QED) is 0.897. The average Bonchev–Trinajstić information content (AvgIpc) is 3.00. The number of hydrogen-bond acceptors (Lipinski definition) is 2. The first-order chi connectivity index (χ1) is 9.15. The molecule has 4 unspecified atom stereocenters. The Morgan fingerprint density at radius 3 is 2.79 bits per heavy atom. The molecule has 2 aliphatic heterocycles. The molecule has 0 aromatic heterocycles. The summed E-state index contributed by atoms with van der Waals surface area (Å²) >= 11 is 0. The zero-order valence-corrected chi connectivity index (χ0v) is 11.8. The van der Waals surface area contributed by atoms with Crippen LogP contribution < -0.4 is 5.32 Å². The van der Waals surface area contributed by atoms with Crippen LogP contribution >= 0.6 is 0 Å². The molecule has 0 radical (unpaired) electrons. The second-order valence-electron chi connectivity index (χ2n) is 6.18. The van der Waals surface area contributed by atoms with Crippen LogP contribution in [0.4, 0.5) is 4.39 Å². The Kier molecular flexibility index (Phi) is 3.59. The van der Waals surface area contributed by atoms with Gasteiger partial charge in [0.15, 0.2) is 0 Å². The number of hydrogen-bond donors (Lipinski definition) is 1. The zero-order chi connectivity index (χ0) is 13.4. The normalized spacial score (nSPS) is 31.1. The zero-order valence-electron chi connectivity index (χ0n) is 11.8. The first kappa shape index (κ1) is 13.1. The van der Waals surface area contributed by atoms with E-state index in [1.165, 1.54) is 19.3 Å². The van der Waals surface area contributed by atoms with Crippen LogP contribution in [0.25, 0.3) is 0 Å². The lowest BCUT2D eigenvalue weighted by atomic mass is 9.88. The van der Waals surface area contributed by atoms with Gasteiger partial charge in [-0.1, -0.05) is 18.2 Å². The van der Waals surface area contributed by atoms with Gasteiger partial charge in [-0.2, -0.15) is 0 Å². The monoisotopic (exact) mass is 262 g/mol. The molecule has 1 aromatic rings. The molecule has 2 heterocycles. The van der Waals surface area contributed by atoms with E-state index >= 15 is 0 Å². The van der Waals surface area contributed by atoms with Crippen molar-refractivity contribution in [2.75, 3.05) is 13.6 Å². The van der Waals surface area contributed by atoms with Crippen LogP contribution in [0, 0.1) is 11.7 Å². The van der Waals surface area contributed by atoms with Crippen molar-refractivity contribution in [2.24, 2.45) is 5.92 Å². The van der Waals surface area contributed by atoms with Gasteiger partial charge in [-0.05, 0) is 45.2 Å². The summed E-state index contributed by atoms with van der Waals surface area (Å²) in [5.41, 5.74) is 0.807. The Morgan fingerprint density at radius 2 is 2.16 bits per heavy atom. The highest BCUT2D eigenvalue weighted by atomic mass is 19.1. The number of halogens is 1. The van der Waals surface area contributed by atoms with E-state index < -0.39 is 0 Å². The van der Waals surface area contributed by atoms with Crippen LogP contribution in [0.1, 0.15) is 37.8 Å². The predicted molar refractivity (Wildman–Crippen MR) is 75.5 cm³/mol. The lowest BCUT2D eigenvalue weighted by Crippen LogP contribution is -2.34. The highest BCUT2D eigenvalue weighted by Crippen LogP contribution is 2.34. The Labute approximate surface area is 115 Å². The number of nitrogens with zero attached hydrogens (tertiary/aromatic N) is 1. The average molecular weight is 262 g/mol. The largest absolute Gasteiger partial charge is 0.311 e. The van der Waals surface area contributed by atoms with Gasteiger partial charge in [-0.3, -0.25) is 4.90 Å². The third-order valence-electron chi connectivity index (χ3n) is 4.97. The number of fused-ring (bicyclic) bond motifs is 2. The summed E-state index contributed by atoms with van der Waals surface area (Å²) in [6.45, 7) is 3.16. The maximum absolute atomic E-state index is 13.8. The molecule has 104 valence electrons. The van der Waals surface area contributed by atoms with Crippen molar-refractivity contribution in [3.8, 4) is 0 Å². The van der Waals surface area contributed by atoms with E-state index in [0.717, 1.165) is 24.1 Å². The van der Waals surface area contributed by atoms with Gasteiger partial charge >= 0.3 is 0 Å². The molecule has 2 nitrogen and oxygen atoms in total. The molecule has 3 heteroatoms. The van der Waals surface area contributed by atoms with Gasteiger partial charge in [0.1, 0.15) is 5.82 Å². The molecule has 0 amide bonds. The molecular formula is C16H23FN2. The van der Waals surface area contributed by atoms with E-state index in [9.17, 15) is 4.39 Å². The van der Waals surface area contributed by atoms with Gasteiger partial charge in [0.25, 0.3) is 0 Å². The third-order valence-corrected chi connectivity index (χ3v) is 4.97. The summed E-state index contributed by atoms with van der Waals surface area (Å²) in [7, 11) is 2.11. The van der Waals surface area contributed by atoms with Crippen molar-refractivity contribution in [1.29, 1.82) is 0 Å². The van der Waals surface area contributed by atoms with Gasteiger partial charge < -0.3 is 5.32 Å². The smallest absolute Gasteiger partial charge is 0.127 e. The fourth-order valence-corrected chi connectivity index (χ4v) is 3.72. The Morgan fingerprint density at radius 1 is 1.37 bits per heavy atom. The standard InChI is InChI=1S/C16H23FN2/c1-11(14-5-3-4-6-15(14)17)19(2)10-12-9-13-7-8-16(12)18-13/h3-6,11-13,16,18H,7-10H2,1-2H3. The fourth-order valence-electron chi connectivity index (χ4n) is 3.72. The van der Waals surface area contributed by atoms with Crippen molar-refractivity contribution >= 4 is 0 Å². The van der Waals surface area contributed by atoms with Gasteiger partial charge in [-0.25, -0.2) is 4.39 Å². The van der Waals surface area contributed by atoms with E-state index in [-0.39, 0.29) is 11.9 Å². The first-order valence-corrected chi connectivity index (χ1v) is 7.36. The summed E-state index contributed by atoms with van der Waals surface area (Å²) in [6.07, 6.45) is 3.95. The van der Waals surface area contributed by atoms with Crippen LogP contribution in [0.3, 0.4) is 0 Å². The molecule has 4 atom stereocenters. The van der Waals surface area contributed by atoms with Crippen LogP contribution in [0.15, 0.2) is 24.3 Å². The predicted octanol–water partition coefficient (Wildman–Crippen LogP) is 2.96. The molecule has 2 fully saturated rings. The Bertz CT molecular complexity index is 448. The second kappa shape index (κ2) is 5.22. The molecule has 2 bridgehead atoms. The SMILES string of the molecule is CC(c1ccccc1F)N(C)CC1CC2CCC1N2. The maximum atomic E-state index is 13.8. The Hall–Kier alpha value is -0.930. The highest BCUT2D eigenvalue weighted by molar-refractivity contribution is 5.20. The Balaban J connectivity index is 1.64. The van der Waals surface area contributed by atoms with Crippen molar-refractivity contribution < 1.29 is 4.39 Å². The van der Waals surface area contributed by atoms with Crippen LogP contribution in [-0.2, 0) is 0 Å². The molecule has 1 aromatic carbocycles. The molecule has 1 N–H and O–H groups in total. The molecule has 2 aliphatic rings. The topological polar surface area (TPSA) is 15.3 Å². The van der Waals surface area contributed by atoms with Crippen molar-refractivity contribution in [3.05, 3.63) is 35.6 Å². The second-order valence-corrected chi connectivity index (χ2v) is 6.18. The molecule has 3 rings (SSSR count). The molecule has 2 saturated heterocycles.